The van der Waals surface area contributed by atoms with Crippen LogP contribution in [0.5, 0.6) is 0 Å². The third kappa shape index (κ3) is 3.27. The van der Waals surface area contributed by atoms with E-state index in [0.717, 1.165) is 22.7 Å². The van der Waals surface area contributed by atoms with Crippen molar-refractivity contribution in [1.29, 1.82) is 0 Å². The molecule has 1 aliphatic rings. The van der Waals surface area contributed by atoms with Crippen LogP contribution in [0.25, 0.3) is 6.08 Å². The molecule has 0 fully saturated rings. The van der Waals surface area contributed by atoms with Crippen LogP contribution in [-0.2, 0) is 14.8 Å². The van der Waals surface area contributed by atoms with Gasteiger partial charge in [0.15, 0.2) is 0 Å². The van der Waals surface area contributed by atoms with Gasteiger partial charge in [0.2, 0.25) is 10.0 Å². The van der Waals surface area contributed by atoms with E-state index >= 15 is 0 Å². The molecular formula is C10H14N2O3S3. The minimum absolute atomic E-state index is 0.211. The van der Waals surface area contributed by atoms with Crippen LogP contribution in [0.1, 0.15) is 12.0 Å². The zero-order valence-electron chi connectivity index (χ0n) is 9.83. The minimum Gasteiger partial charge on any atom is -0.385 e. The SMILES string of the molecule is COCCCN1C=Cc2cc(S(N)(=O)=O)sc2S1. The van der Waals surface area contributed by atoms with E-state index in [4.69, 9.17) is 9.88 Å². The van der Waals surface area contributed by atoms with Crippen LogP contribution >= 0.6 is 23.3 Å². The lowest BCUT2D eigenvalue weighted by atomic mass is 10.3. The molecule has 0 aliphatic carbocycles. The van der Waals surface area contributed by atoms with E-state index in [0.29, 0.717) is 6.61 Å². The predicted octanol–water partition coefficient (Wildman–Crippen LogP) is 1.73. The number of methoxy groups -OCH3 is 1. The largest absolute Gasteiger partial charge is 0.385 e. The highest BCUT2D eigenvalue weighted by Gasteiger charge is 2.19. The Morgan fingerprint density at radius 3 is 2.94 bits per heavy atom. The lowest BCUT2D eigenvalue weighted by Gasteiger charge is -2.21. The normalized spacial score (nSPS) is 14.9. The Bertz CT molecular complexity index is 551. The number of rotatable bonds is 5. The molecule has 0 amide bonds. The molecule has 8 heteroatoms. The van der Waals surface area contributed by atoms with E-state index in [9.17, 15) is 8.42 Å². The highest BCUT2D eigenvalue weighted by Crippen LogP contribution is 2.39. The van der Waals surface area contributed by atoms with E-state index in [-0.39, 0.29) is 4.21 Å². The van der Waals surface area contributed by atoms with Gasteiger partial charge in [-0.2, -0.15) is 0 Å². The van der Waals surface area contributed by atoms with Crippen molar-refractivity contribution in [3.8, 4) is 0 Å². The number of ether oxygens (including phenoxy) is 1. The van der Waals surface area contributed by atoms with Crippen LogP contribution in [-0.4, -0.2) is 33.0 Å². The summed E-state index contributed by atoms with van der Waals surface area (Å²) < 4.78 is 30.8. The van der Waals surface area contributed by atoms with Crippen molar-refractivity contribution < 1.29 is 13.2 Å². The quantitative estimate of drug-likeness (QED) is 0.662. The lowest BCUT2D eigenvalue weighted by molar-refractivity contribution is 0.191. The summed E-state index contributed by atoms with van der Waals surface area (Å²) in [5.74, 6) is 0. The summed E-state index contributed by atoms with van der Waals surface area (Å²) >= 11 is 2.74. The molecule has 2 N–H and O–H groups in total. The average molecular weight is 306 g/mol. The molecule has 1 aromatic rings. The number of fused-ring (bicyclic) bond motifs is 1. The number of nitrogens with zero attached hydrogens (tertiary/aromatic N) is 1. The van der Waals surface area contributed by atoms with Crippen LogP contribution in [0, 0.1) is 0 Å². The van der Waals surface area contributed by atoms with Crippen molar-refractivity contribution in [2.24, 2.45) is 5.14 Å². The second kappa shape index (κ2) is 5.62. The zero-order valence-corrected chi connectivity index (χ0v) is 12.3. The van der Waals surface area contributed by atoms with Gasteiger partial charge in [-0.25, -0.2) is 13.6 Å². The third-order valence-corrected chi connectivity index (χ3v) is 6.11. The van der Waals surface area contributed by atoms with Crippen LogP contribution < -0.4 is 5.14 Å². The van der Waals surface area contributed by atoms with E-state index < -0.39 is 10.0 Å². The van der Waals surface area contributed by atoms with E-state index in [1.807, 2.05) is 12.3 Å². The summed E-state index contributed by atoms with van der Waals surface area (Å²) in [6.45, 7) is 1.57. The van der Waals surface area contributed by atoms with Crippen molar-refractivity contribution in [3.63, 3.8) is 0 Å². The van der Waals surface area contributed by atoms with Crippen molar-refractivity contribution in [2.75, 3.05) is 20.3 Å². The number of thiophene rings is 1. The summed E-state index contributed by atoms with van der Waals surface area (Å²) in [7, 11) is -1.93. The maximum absolute atomic E-state index is 11.3. The van der Waals surface area contributed by atoms with Crippen molar-refractivity contribution in [1.82, 2.24) is 4.31 Å². The Morgan fingerprint density at radius 2 is 2.28 bits per heavy atom. The molecule has 0 saturated heterocycles. The van der Waals surface area contributed by atoms with Gasteiger partial charge in [-0.05, 0) is 30.5 Å². The standard InChI is InChI=1S/C10H14N2O3S3/c1-15-6-2-4-12-5-3-8-7-9(18(11,13)14)16-10(8)17-12/h3,5,7H,2,4,6H2,1H3,(H2,11,13,14). The highest BCUT2D eigenvalue weighted by atomic mass is 32.3. The van der Waals surface area contributed by atoms with Gasteiger partial charge in [0.25, 0.3) is 0 Å². The average Bonchev–Trinajstić information content (AvgIpc) is 2.72. The molecule has 18 heavy (non-hydrogen) atoms. The number of hydrogen-bond donors (Lipinski definition) is 1. The summed E-state index contributed by atoms with van der Waals surface area (Å²) in [5.41, 5.74) is 0.914. The van der Waals surface area contributed by atoms with Gasteiger partial charge >= 0.3 is 0 Å². The molecule has 0 aromatic carbocycles. The maximum atomic E-state index is 11.3. The first-order chi connectivity index (χ1) is 8.50. The van der Waals surface area contributed by atoms with Crippen LogP contribution in [0.2, 0.25) is 0 Å². The zero-order chi connectivity index (χ0) is 13.2. The Balaban J connectivity index is 2.08. The Kier molecular flexibility index (Phi) is 4.33. The fraction of sp³-hybridized carbons (Fsp3) is 0.400. The maximum Gasteiger partial charge on any atom is 0.247 e. The van der Waals surface area contributed by atoms with Gasteiger partial charge in [-0.3, -0.25) is 0 Å². The lowest BCUT2D eigenvalue weighted by Crippen LogP contribution is -2.13. The molecule has 1 aromatic heterocycles. The molecule has 2 rings (SSSR count). The Morgan fingerprint density at radius 1 is 1.50 bits per heavy atom. The van der Waals surface area contributed by atoms with E-state index in [2.05, 4.69) is 4.31 Å². The van der Waals surface area contributed by atoms with Crippen LogP contribution in [0.4, 0.5) is 0 Å². The third-order valence-electron chi connectivity index (χ3n) is 2.33. The van der Waals surface area contributed by atoms with Gasteiger partial charge in [-0.15, -0.1) is 11.3 Å². The Labute approximate surface area is 115 Å². The van der Waals surface area contributed by atoms with E-state index in [1.165, 1.54) is 23.3 Å². The summed E-state index contributed by atoms with van der Waals surface area (Å²) in [5, 5.41) is 5.12. The predicted molar refractivity (Wildman–Crippen MR) is 73.8 cm³/mol. The second-order valence-electron chi connectivity index (χ2n) is 3.75. The van der Waals surface area contributed by atoms with Gasteiger partial charge in [0.1, 0.15) is 4.21 Å². The molecule has 1 aliphatic heterocycles. The first-order valence-electron chi connectivity index (χ1n) is 5.29. The fourth-order valence-corrected chi connectivity index (χ4v) is 4.75. The number of primary sulfonamides is 1. The molecule has 0 unspecified atom stereocenters. The molecule has 0 spiro atoms. The summed E-state index contributed by atoms with van der Waals surface area (Å²) in [6.07, 6.45) is 4.78. The van der Waals surface area contributed by atoms with Gasteiger partial charge in [-0.1, -0.05) is 0 Å². The summed E-state index contributed by atoms with van der Waals surface area (Å²) in [6, 6.07) is 1.62. The van der Waals surface area contributed by atoms with Gasteiger partial charge in [0, 0.05) is 32.0 Å². The first-order valence-corrected chi connectivity index (χ1v) is 8.43. The first kappa shape index (κ1) is 13.9. The topological polar surface area (TPSA) is 72.6 Å². The van der Waals surface area contributed by atoms with Gasteiger partial charge in [0.05, 0.1) is 4.21 Å². The highest BCUT2D eigenvalue weighted by molar-refractivity contribution is 7.99. The molecule has 2 heterocycles. The van der Waals surface area contributed by atoms with Gasteiger partial charge < -0.3 is 9.04 Å². The number of sulfonamides is 1. The molecule has 0 bridgehead atoms. The second-order valence-corrected chi connectivity index (χ2v) is 7.91. The van der Waals surface area contributed by atoms with Crippen LogP contribution in [0.3, 0.4) is 0 Å². The molecule has 0 radical (unpaired) electrons. The molecule has 0 atom stereocenters. The van der Waals surface area contributed by atoms with Crippen molar-refractivity contribution in [2.45, 2.75) is 14.8 Å². The number of nitrogens with two attached hydrogens (primary N) is 1. The van der Waals surface area contributed by atoms with Crippen molar-refractivity contribution >= 4 is 39.4 Å². The number of hydrogen-bond acceptors (Lipinski definition) is 6. The molecule has 100 valence electrons. The van der Waals surface area contributed by atoms with E-state index in [1.54, 1.807) is 13.2 Å². The molecule has 0 saturated carbocycles. The molecular weight excluding hydrogens is 292 g/mol. The van der Waals surface area contributed by atoms with Crippen molar-refractivity contribution in [3.05, 3.63) is 17.8 Å². The fourth-order valence-electron chi connectivity index (χ4n) is 1.48. The van der Waals surface area contributed by atoms with Crippen LogP contribution in [0.15, 0.2) is 20.7 Å². The molecule has 5 nitrogen and oxygen atoms in total. The summed E-state index contributed by atoms with van der Waals surface area (Å²) in [4.78, 5) is 0. The smallest absolute Gasteiger partial charge is 0.247 e. The Hall–Kier alpha value is -0.540. The monoisotopic (exact) mass is 306 g/mol. The minimum atomic E-state index is -3.60.